The summed E-state index contributed by atoms with van der Waals surface area (Å²) in [7, 11) is 0.557. The van der Waals surface area contributed by atoms with E-state index in [-0.39, 0.29) is 21.6 Å². The lowest BCUT2D eigenvalue weighted by Crippen LogP contribution is -2.22. The van der Waals surface area contributed by atoms with Crippen molar-refractivity contribution in [1.29, 1.82) is 0 Å². The molecule has 0 amide bonds. The van der Waals surface area contributed by atoms with Gasteiger partial charge in [0.1, 0.15) is 0 Å². The highest BCUT2D eigenvalue weighted by atomic mass is 35.5. The van der Waals surface area contributed by atoms with Crippen molar-refractivity contribution in [3.63, 3.8) is 0 Å². The average Bonchev–Trinajstić information content (AvgIpc) is 2.96. The molecule has 2 rings (SSSR count). The second-order valence-corrected chi connectivity index (χ2v) is 11.7. The number of hydrogen-bond acceptors (Lipinski definition) is 20. The number of benzene rings is 2. The third kappa shape index (κ3) is 11.7. The fraction of sp³-hybridized carbons (Fsp3) is 0. The van der Waals surface area contributed by atoms with E-state index in [4.69, 9.17) is 69.6 Å². The molecule has 2 aromatic rings. The summed E-state index contributed by atoms with van der Waals surface area (Å²) in [5, 5.41) is 0. The highest BCUT2D eigenvalue weighted by molar-refractivity contribution is 8.76. The first-order chi connectivity index (χ1) is 23.2. The lowest BCUT2D eigenvalue weighted by atomic mass is 10.0. The Labute approximate surface area is 311 Å². The van der Waals surface area contributed by atoms with Gasteiger partial charge in [-0.1, -0.05) is 21.6 Å². The zero-order chi connectivity index (χ0) is 38.0. The van der Waals surface area contributed by atoms with Gasteiger partial charge < -0.3 is 28.4 Å². The number of carbonyl (C=O) groups excluding carboxylic acids is 12. The highest BCUT2D eigenvalue weighted by Crippen LogP contribution is 2.44. The van der Waals surface area contributed by atoms with Crippen LogP contribution in [0.1, 0.15) is 62.1 Å². The molecule has 0 heterocycles. The van der Waals surface area contributed by atoms with E-state index in [0.717, 1.165) is 12.1 Å². The van der Waals surface area contributed by atoms with Crippen LogP contribution in [0.3, 0.4) is 0 Å². The van der Waals surface area contributed by atoms with Crippen molar-refractivity contribution in [2.75, 3.05) is 0 Å². The van der Waals surface area contributed by atoms with Crippen molar-refractivity contribution in [2.45, 2.75) is 9.79 Å². The normalized spacial score (nSPS) is 10.1. The smallest absolute Gasteiger partial charge is 0.377 e. The van der Waals surface area contributed by atoms with E-state index in [1.165, 1.54) is 0 Å². The maximum Gasteiger partial charge on any atom is 0.411 e. The number of ether oxygens (including phenoxy) is 6. The maximum absolute atomic E-state index is 13.0. The number of hydrogen-bond donors (Lipinski definition) is 0. The molecule has 0 unspecified atom stereocenters. The first kappa shape index (κ1) is 41.9. The molecule has 0 aliphatic carbocycles. The van der Waals surface area contributed by atoms with E-state index in [9.17, 15) is 57.5 Å². The fourth-order valence-electron chi connectivity index (χ4n) is 3.32. The minimum absolute atomic E-state index is 0.278. The van der Waals surface area contributed by atoms with Gasteiger partial charge in [-0.05, 0) is 24.3 Å². The maximum atomic E-state index is 13.0. The summed E-state index contributed by atoms with van der Waals surface area (Å²) in [6, 6.07) is 3.03. The Morgan fingerprint density at radius 3 is 0.800 bits per heavy atom. The topological polar surface area (TPSA) is 260 Å². The summed E-state index contributed by atoms with van der Waals surface area (Å²) in [4.78, 5) is 144. The summed E-state index contributed by atoms with van der Waals surface area (Å²) in [5.41, 5.74) is -17.5. The van der Waals surface area contributed by atoms with Gasteiger partial charge in [-0.15, -0.1) is 0 Å². The van der Waals surface area contributed by atoms with Gasteiger partial charge in [0, 0.05) is 79.4 Å². The van der Waals surface area contributed by atoms with Crippen molar-refractivity contribution in [1.82, 2.24) is 0 Å². The molecule has 0 saturated carbocycles. The van der Waals surface area contributed by atoms with Crippen molar-refractivity contribution < 1.29 is 86.0 Å². The van der Waals surface area contributed by atoms with Crippen molar-refractivity contribution in [2.24, 2.45) is 0 Å². The fourth-order valence-corrected chi connectivity index (χ4v) is 6.07. The molecular formula is C24H4Cl6O18S2. The molecule has 0 saturated heterocycles. The van der Waals surface area contributed by atoms with E-state index < -0.39 is 112 Å². The van der Waals surface area contributed by atoms with Gasteiger partial charge in [0.25, 0.3) is 0 Å². The third-order valence-corrected chi connectivity index (χ3v) is 7.76. The second kappa shape index (κ2) is 18.6. The van der Waals surface area contributed by atoms with Crippen molar-refractivity contribution >= 4 is 160 Å². The van der Waals surface area contributed by atoms with Crippen LogP contribution in [0, 0.1) is 0 Å². The number of carbonyl (C=O) groups is 12. The van der Waals surface area contributed by atoms with Crippen LogP contribution in [-0.4, -0.2) is 68.4 Å². The van der Waals surface area contributed by atoms with Crippen LogP contribution < -0.4 is 0 Å². The van der Waals surface area contributed by atoms with Crippen LogP contribution in [0.5, 0.6) is 0 Å². The van der Waals surface area contributed by atoms with Gasteiger partial charge in [-0.2, -0.15) is 0 Å². The minimum atomic E-state index is -1.88. The molecule has 262 valence electrons. The molecule has 0 aliphatic rings. The lowest BCUT2D eigenvalue weighted by Gasteiger charge is -2.16. The molecule has 0 aromatic heterocycles. The predicted molar refractivity (Wildman–Crippen MR) is 165 cm³/mol. The number of rotatable bonds is 9. The molecule has 0 N–H and O–H groups in total. The average molecular weight is 857 g/mol. The molecular weight excluding hydrogens is 853 g/mol. The van der Waals surface area contributed by atoms with E-state index >= 15 is 0 Å². The summed E-state index contributed by atoms with van der Waals surface area (Å²) < 4.78 is 25.4. The summed E-state index contributed by atoms with van der Waals surface area (Å²) in [5.74, 6) is -10.8. The van der Waals surface area contributed by atoms with Gasteiger partial charge in [-0.3, -0.25) is 0 Å². The van der Waals surface area contributed by atoms with Crippen LogP contribution in [0.15, 0.2) is 34.1 Å². The summed E-state index contributed by atoms with van der Waals surface area (Å²) in [6.45, 7) is 0. The van der Waals surface area contributed by atoms with Gasteiger partial charge in [-0.25, -0.2) is 57.5 Å². The Balaban J connectivity index is 2.95. The Hall–Kier alpha value is -4.28. The molecule has 26 heteroatoms. The molecule has 0 spiro atoms. The Morgan fingerprint density at radius 2 is 0.560 bits per heavy atom. The quantitative estimate of drug-likeness (QED) is 0.0773. The SMILES string of the molecule is O=C(Cl)OC(=O)c1ccc(SSc2ccc(C(=O)OC(=O)Cl)c(C(=O)OC(=O)Cl)c2C(=O)OC(=O)Cl)c(C(=O)OC(=O)Cl)c1C(=O)OC(=O)Cl. The second-order valence-electron chi connectivity index (χ2n) is 7.65. The molecule has 18 nitrogen and oxygen atoms in total. The van der Waals surface area contributed by atoms with E-state index in [0.29, 0.717) is 12.1 Å². The van der Waals surface area contributed by atoms with E-state index in [1.54, 1.807) is 0 Å². The molecule has 0 atom stereocenters. The first-order valence-electron chi connectivity index (χ1n) is 11.4. The Kier molecular flexibility index (Phi) is 15.6. The largest absolute Gasteiger partial charge is 0.411 e. The van der Waals surface area contributed by atoms with Gasteiger partial charge in [0.05, 0.1) is 33.4 Å². The van der Waals surface area contributed by atoms with Crippen LogP contribution in [0.4, 0.5) is 28.8 Å². The van der Waals surface area contributed by atoms with E-state index in [2.05, 4.69) is 28.4 Å². The molecule has 50 heavy (non-hydrogen) atoms. The Bertz CT molecular complexity index is 1780. The molecule has 0 aliphatic heterocycles. The third-order valence-electron chi connectivity index (χ3n) is 4.85. The molecule has 0 radical (unpaired) electrons. The minimum Gasteiger partial charge on any atom is -0.377 e. The van der Waals surface area contributed by atoms with Gasteiger partial charge >= 0.3 is 68.4 Å². The molecule has 0 bridgehead atoms. The van der Waals surface area contributed by atoms with Crippen LogP contribution >= 0.6 is 91.2 Å². The van der Waals surface area contributed by atoms with Crippen LogP contribution in [-0.2, 0) is 28.4 Å². The van der Waals surface area contributed by atoms with Crippen LogP contribution in [0.25, 0.3) is 0 Å². The van der Waals surface area contributed by atoms with Gasteiger partial charge in [0.2, 0.25) is 0 Å². The van der Waals surface area contributed by atoms with E-state index in [1.807, 2.05) is 0 Å². The van der Waals surface area contributed by atoms with Crippen LogP contribution in [0.2, 0.25) is 0 Å². The lowest BCUT2D eigenvalue weighted by molar-refractivity contribution is 0.0593. The molecule has 0 fully saturated rings. The number of halogens is 6. The standard InChI is InChI=1S/C24H4Cl6O18S2/c25-19(37)43-13(31)5-1-3-7(11(17(35)47-23(29)41)9(5)15(33)45-21(27)39)49-50-8-4-2-6(14(32)44-20(26)38)10(16(34)46-22(28)40)12(8)18(36)48-24(30)42/h1-4H. The zero-order valence-corrected chi connectivity index (χ0v) is 28.9. The summed E-state index contributed by atoms with van der Waals surface area (Å²) >= 11 is 30.5. The van der Waals surface area contributed by atoms with Crippen molar-refractivity contribution in [3.05, 3.63) is 57.6 Å². The summed E-state index contributed by atoms with van der Waals surface area (Å²) in [6.07, 6.45) is 0. The molecule has 2 aromatic carbocycles. The first-order valence-corrected chi connectivity index (χ1v) is 15.8. The zero-order valence-electron chi connectivity index (χ0n) is 22.7. The number of esters is 6. The monoisotopic (exact) mass is 854 g/mol. The predicted octanol–water partition coefficient (Wildman–Crippen LogP) is 7.58. The van der Waals surface area contributed by atoms with Crippen molar-refractivity contribution in [3.8, 4) is 0 Å². The Morgan fingerprint density at radius 1 is 0.340 bits per heavy atom. The van der Waals surface area contributed by atoms with Gasteiger partial charge in [0.15, 0.2) is 0 Å². The highest BCUT2D eigenvalue weighted by Gasteiger charge is 2.35.